The van der Waals surface area contributed by atoms with Crippen LogP contribution in [-0.4, -0.2) is 20.9 Å². The summed E-state index contributed by atoms with van der Waals surface area (Å²) < 4.78 is 0. The maximum atomic E-state index is 12.0. The number of aromatic nitrogens is 3. The standard InChI is InChI=1S/C18H16N4O/c23-17(9-8-14-5-2-1-3-6-14)22-16-12-20-18(21-13-16)15-7-4-10-19-11-15/h1-7,10-13H,8-9H2,(H,22,23). The average Bonchev–Trinajstić information content (AvgIpc) is 2.62. The monoisotopic (exact) mass is 304 g/mol. The minimum Gasteiger partial charge on any atom is -0.323 e. The lowest BCUT2D eigenvalue weighted by atomic mass is 10.1. The summed E-state index contributed by atoms with van der Waals surface area (Å²) in [5, 5.41) is 2.81. The lowest BCUT2D eigenvalue weighted by Gasteiger charge is -2.05. The van der Waals surface area contributed by atoms with Crippen molar-refractivity contribution >= 4 is 11.6 Å². The second kappa shape index (κ2) is 7.26. The molecule has 0 saturated heterocycles. The normalized spacial score (nSPS) is 10.3. The number of nitrogens with one attached hydrogen (secondary N) is 1. The van der Waals surface area contributed by atoms with Gasteiger partial charge >= 0.3 is 0 Å². The maximum absolute atomic E-state index is 12.0. The molecule has 2 heterocycles. The van der Waals surface area contributed by atoms with E-state index in [1.165, 1.54) is 0 Å². The minimum atomic E-state index is -0.0495. The Labute approximate surface area is 134 Å². The van der Waals surface area contributed by atoms with Crippen LogP contribution in [0.3, 0.4) is 0 Å². The van der Waals surface area contributed by atoms with Gasteiger partial charge in [0.1, 0.15) is 0 Å². The first-order valence-corrected chi connectivity index (χ1v) is 7.37. The van der Waals surface area contributed by atoms with Gasteiger partial charge in [0.05, 0.1) is 18.1 Å². The van der Waals surface area contributed by atoms with Crippen LogP contribution in [0.2, 0.25) is 0 Å². The van der Waals surface area contributed by atoms with Crippen LogP contribution < -0.4 is 5.32 Å². The fourth-order valence-corrected chi connectivity index (χ4v) is 2.16. The molecule has 2 aromatic heterocycles. The molecule has 1 amide bonds. The van der Waals surface area contributed by atoms with Crippen molar-refractivity contribution in [2.45, 2.75) is 12.8 Å². The molecule has 0 aliphatic heterocycles. The van der Waals surface area contributed by atoms with E-state index in [4.69, 9.17) is 0 Å². The highest BCUT2D eigenvalue weighted by molar-refractivity contribution is 5.90. The highest BCUT2D eigenvalue weighted by Crippen LogP contribution is 2.14. The van der Waals surface area contributed by atoms with Crippen molar-refractivity contribution in [1.29, 1.82) is 0 Å². The Balaban J connectivity index is 1.57. The molecule has 5 nitrogen and oxygen atoms in total. The predicted molar refractivity (Wildman–Crippen MR) is 88.7 cm³/mol. The van der Waals surface area contributed by atoms with Crippen LogP contribution in [0, 0.1) is 0 Å². The van der Waals surface area contributed by atoms with E-state index in [0.717, 1.165) is 11.1 Å². The van der Waals surface area contributed by atoms with Crippen molar-refractivity contribution in [3.05, 3.63) is 72.8 Å². The van der Waals surface area contributed by atoms with Gasteiger partial charge < -0.3 is 5.32 Å². The molecule has 3 rings (SSSR count). The second-order valence-electron chi connectivity index (χ2n) is 5.07. The zero-order valence-corrected chi connectivity index (χ0v) is 12.5. The summed E-state index contributed by atoms with van der Waals surface area (Å²) in [6, 6.07) is 13.7. The number of hydrogen-bond donors (Lipinski definition) is 1. The summed E-state index contributed by atoms with van der Waals surface area (Å²) in [6.07, 6.45) is 7.75. The maximum Gasteiger partial charge on any atom is 0.224 e. The van der Waals surface area contributed by atoms with Crippen molar-refractivity contribution < 1.29 is 4.79 Å². The van der Waals surface area contributed by atoms with E-state index in [1.54, 1.807) is 24.8 Å². The molecule has 5 heteroatoms. The smallest absolute Gasteiger partial charge is 0.224 e. The van der Waals surface area contributed by atoms with Crippen molar-refractivity contribution in [3.8, 4) is 11.4 Å². The third-order valence-electron chi connectivity index (χ3n) is 3.34. The summed E-state index contributed by atoms with van der Waals surface area (Å²) in [4.78, 5) is 24.5. The van der Waals surface area contributed by atoms with Gasteiger partial charge in [0.25, 0.3) is 0 Å². The number of benzene rings is 1. The first-order valence-electron chi connectivity index (χ1n) is 7.37. The number of carbonyl (C=O) groups excluding carboxylic acids is 1. The van der Waals surface area contributed by atoms with E-state index in [0.29, 0.717) is 24.4 Å². The third kappa shape index (κ3) is 4.20. The van der Waals surface area contributed by atoms with Gasteiger partial charge in [0, 0.05) is 24.4 Å². The number of rotatable bonds is 5. The lowest BCUT2D eigenvalue weighted by Crippen LogP contribution is -2.12. The van der Waals surface area contributed by atoms with Gasteiger partial charge in [-0.25, -0.2) is 9.97 Å². The van der Waals surface area contributed by atoms with Crippen LogP contribution in [0.4, 0.5) is 5.69 Å². The summed E-state index contributed by atoms with van der Waals surface area (Å²) >= 11 is 0. The lowest BCUT2D eigenvalue weighted by molar-refractivity contribution is -0.116. The van der Waals surface area contributed by atoms with Crippen molar-refractivity contribution in [3.63, 3.8) is 0 Å². The fraction of sp³-hybridized carbons (Fsp3) is 0.111. The molecule has 23 heavy (non-hydrogen) atoms. The molecule has 1 N–H and O–H groups in total. The number of amides is 1. The first kappa shape index (κ1) is 14.8. The number of hydrogen-bond acceptors (Lipinski definition) is 4. The van der Waals surface area contributed by atoms with E-state index in [1.807, 2.05) is 42.5 Å². The van der Waals surface area contributed by atoms with E-state index < -0.39 is 0 Å². The Bertz CT molecular complexity index is 758. The quantitative estimate of drug-likeness (QED) is 0.786. The van der Waals surface area contributed by atoms with Gasteiger partial charge in [-0.05, 0) is 24.1 Å². The minimum absolute atomic E-state index is 0.0495. The SMILES string of the molecule is O=C(CCc1ccccc1)Nc1cnc(-c2cccnc2)nc1. The van der Waals surface area contributed by atoms with Crippen LogP contribution in [0.25, 0.3) is 11.4 Å². The third-order valence-corrected chi connectivity index (χ3v) is 3.34. The first-order chi connectivity index (χ1) is 11.3. The van der Waals surface area contributed by atoms with Gasteiger partial charge in [0.15, 0.2) is 5.82 Å². The number of pyridine rings is 1. The van der Waals surface area contributed by atoms with E-state index in [-0.39, 0.29) is 5.91 Å². The number of carbonyl (C=O) groups is 1. The van der Waals surface area contributed by atoms with Crippen LogP contribution >= 0.6 is 0 Å². The second-order valence-corrected chi connectivity index (χ2v) is 5.07. The number of nitrogens with zero attached hydrogens (tertiary/aromatic N) is 3. The van der Waals surface area contributed by atoms with Crippen LogP contribution in [0.5, 0.6) is 0 Å². The van der Waals surface area contributed by atoms with Crippen LogP contribution in [0.15, 0.2) is 67.3 Å². The summed E-state index contributed by atoms with van der Waals surface area (Å²) in [5.74, 6) is 0.534. The van der Waals surface area contributed by atoms with Gasteiger partial charge in [0.2, 0.25) is 5.91 Å². The van der Waals surface area contributed by atoms with Gasteiger partial charge in [-0.15, -0.1) is 0 Å². The molecule has 0 spiro atoms. The van der Waals surface area contributed by atoms with E-state index in [2.05, 4.69) is 20.3 Å². The molecule has 114 valence electrons. The molecule has 0 bridgehead atoms. The van der Waals surface area contributed by atoms with E-state index in [9.17, 15) is 4.79 Å². The van der Waals surface area contributed by atoms with Crippen LogP contribution in [-0.2, 0) is 11.2 Å². The zero-order chi connectivity index (χ0) is 15.9. The van der Waals surface area contributed by atoms with E-state index >= 15 is 0 Å². The van der Waals surface area contributed by atoms with Crippen molar-refractivity contribution in [1.82, 2.24) is 15.0 Å². The highest BCUT2D eigenvalue weighted by atomic mass is 16.1. The summed E-state index contributed by atoms with van der Waals surface area (Å²) in [6.45, 7) is 0. The Morgan fingerprint density at radius 2 is 1.74 bits per heavy atom. The molecule has 0 aliphatic rings. The Morgan fingerprint density at radius 3 is 2.43 bits per heavy atom. The Kier molecular flexibility index (Phi) is 4.69. The molecule has 3 aromatic rings. The van der Waals surface area contributed by atoms with Crippen molar-refractivity contribution in [2.24, 2.45) is 0 Å². The molecule has 0 aliphatic carbocycles. The molecule has 0 radical (unpaired) electrons. The van der Waals surface area contributed by atoms with Crippen molar-refractivity contribution in [2.75, 3.05) is 5.32 Å². The molecule has 1 aromatic carbocycles. The Hall–Kier alpha value is -3.08. The number of anilines is 1. The molecule has 0 atom stereocenters. The molecular formula is C18H16N4O. The average molecular weight is 304 g/mol. The zero-order valence-electron chi connectivity index (χ0n) is 12.5. The van der Waals surface area contributed by atoms with Gasteiger partial charge in [-0.3, -0.25) is 9.78 Å². The topological polar surface area (TPSA) is 67.8 Å². The molecular weight excluding hydrogens is 288 g/mol. The van der Waals surface area contributed by atoms with Crippen LogP contribution in [0.1, 0.15) is 12.0 Å². The fourth-order valence-electron chi connectivity index (χ4n) is 2.16. The Morgan fingerprint density at radius 1 is 0.957 bits per heavy atom. The molecule has 0 fully saturated rings. The van der Waals surface area contributed by atoms with Gasteiger partial charge in [-0.2, -0.15) is 0 Å². The predicted octanol–water partition coefficient (Wildman–Crippen LogP) is 3.11. The highest BCUT2D eigenvalue weighted by Gasteiger charge is 2.05. The summed E-state index contributed by atoms with van der Waals surface area (Å²) in [7, 11) is 0. The number of aryl methyl sites for hydroxylation is 1. The largest absolute Gasteiger partial charge is 0.323 e. The summed E-state index contributed by atoms with van der Waals surface area (Å²) in [5.41, 5.74) is 2.58. The van der Waals surface area contributed by atoms with Gasteiger partial charge in [-0.1, -0.05) is 30.3 Å². The molecule has 0 saturated carbocycles. The molecule has 0 unspecified atom stereocenters.